The summed E-state index contributed by atoms with van der Waals surface area (Å²) in [4.78, 5) is 28.5. The zero-order chi connectivity index (χ0) is 14.8. The fraction of sp³-hybridized carbons (Fsp3) is 0.857. The first-order chi connectivity index (χ1) is 9.48. The van der Waals surface area contributed by atoms with Crippen molar-refractivity contribution in [3.8, 4) is 0 Å². The van der Waals surface area contributed by atoms with E-state index in [1.54, 1.807) is 7.05 Å². The number of nitrogens with one attached hydrogen (secondary N) is 2. The number of nitrogens with zero attached hydrogens (tertiary/aromatic N) is 2. The molecule has 2 atom stereocenters. The van der Waals surface area contributed by atoms with Gasteiger partial charge in [-0.2, -0.15) is 0 Å². The molecule has 2 N–H and O–H groups in total. The molecule has 6 nitrogen and oxygen atoms in total. The van der Waals surface area contributed by atoms with E-state index in [1.165, 1.54) is 0 Å². The van der Waals surface area contributed by atoms with Crippen LogP contribution in [0.4, 0.5) is 0 Å². The second-order valence-corrected chi connectivity index (χ2v) is 6.11. The van der Waals surface area contributed by atoms with Gasteiger partial charge in [-0.3, -0.25) is 14.5 Å². The Kier molecular flexibility index (Phi) is 4.65. The summed E-state index contributed by atoms with van der Waals surface area (Å²) in [5.74, 6) is 0.183. The molecule has 0 aliphatic carbocycles. The van der Waals surface area contributed by atoms with Crippen LogP contribution in [0.3, 0.4) is 0 Å². The van der Waals surface area contributed by atoms with E-state index in [-0.39, 0.29) is 17.9 Å². The molecule has 2 aliphatic rings. The smallest absolute Gasteiger partial charge is 0.239 e. The van der Waals surface area contributed by atoms with E-state index in [1.807, 2.05) is 18.7 Å². The number of amides is 2. The van der Waals surface area contributed by atoms with Crippen LogP contribution in [-0.2, 0) is 9.59 Å². The molecule has 2 aliphatic heterocycles. The minimum absolute atomic E-state index is 0.0302. The summed E-state index contributed by atoms with van der Waals surface area (Å²) in [5.41, 5.74) is -0.437. The molecule has 0 aromatic carbocycles. The predicted octanol–water partition coefficient (Wildman–Crippen LogP) is -0.735. The number of likely N-dealkylation sites (tertiary alicyclic amines) is 1. The molecule has 0 bridgehead atoms. The number of rotatable bonds is 3. The fourth-order valence-corrected chi connectivity index (χ4v) is 3.13. The van der Waals surface area contributed by atoms with E-state index in [0.29, 0.717) is 13.1 Å². The molecular formula is C14H26N4O2. The standard InChI is InChI=1S/C14H26N4O2/c1-11(17-8-5-16-6-9-17)12(19)18-7-4-14(2,10-18)13(20)15-3/h11,16H,4-10H2,1-3H3,(H,15,20). The van der Waals surface area contributed by atoms with Gasteiger partial charge in [-0.15, -0.1) is 0 Å². The molecule has 114 valence electrons. The molecule has 2 rings (SSSR count). The van der Waals surface area contributed by atoms with Crippen molar-refractivity contribution in [3.63, 3.8) is 0 Å². The van der Waals surface area contributed by atoms with Gasteiger partial charge in [0.15, 0.2) is 0 Å². The maximum atomic E-state index is 12.6. The van der Waals surface area contributed by atoms with Crippen molar-refractivity contribution in [2.75, 3.05) is 46.3 Å². The SMILES string of the molecule is CNC(=O)C1(C)CCN(C(=O)C(C)N2CCNCC2)C1. The van der Waals surface area contributed by atoms with Crippen LogP contribution in [0.25, 0.3) is 0 Å². The largest absolute Gasteiger partial charge is 0.359 e. The lowest BCUT2D eigenvalue weighted by atomic mass is 9.89. The molecule has 6 heteroatoms. The first-order valence-corrected chi connectivity index (χ1v) is 7.44. The summed E-state index contributed by atoms with van der Waals surface area (Å²) in [5, 5.41) is 6.00. The van der Waals surface area contributed by atoms with Crippen LogP contribution >= 0.6 is 0 Å². The summed E-state index contributed by atoms with van der Waals surface area (Å²) < 4.78 is 0. The van der Waals surface area contributed by atoms with Crippen molar-refractivity contribution < 1.29 is 9.59 Å². The Hall–Kier alpha value is -1.14. The van der Waals surface area contributed by atoms with Gasteiger partial charge in [0.1, 0.15) is 0 Å². The van der Waals surface area contributed by atoms with E-state index in [0.717, 1.165) is 32.6 Å². The highest BCUT2D eigenvalue weighted by Gasteiger charge is 2.42. The quantitative estimate of drug-likeness (QED) is 0.716. The lowest BCUT2D eigenvalue weighted by molar-refractivity contribution is -0.136. The molecule has 0 saturated carbocycles. The Morgan fingerprint density at radius 2 is 1.90 bits per heavy atom. The summed E-state index contributed by atoms with van der Waals surface area (Å²) in [6.07, 6.45) is 0.743. The Balaban J connectivity index is 1.95. The normalized spacial score (nSPS) is 29.2. The van der Waals surface area contributed by atoms with Crippen molar-refractivity contribution in [1.29, 1.82) is 0 Å². The van der Waals surface area contributed by atoms with Gasteiger partial charge >= 0.3 is 0 Å². The van der Waals surface area contributed by atoms with Gasteiger partial charge in [0.05, 0.1) is 11.5 Å². The number of hydrogen-bond donors (Lipinski definition) is 2. The minimum Gasteiger partial charge on any atom is -0.359 e. The van der Waals surface area contributed by atoms with Crippen molar-refractivity contribution in [3.05, 3.63) is 0 Å². The van der Waals surface area contributed by atoms with Gasteiger partial charge in [0.25, 0.3) is 0 Å². The van der Waals surface area contributed by atoms with Crippen molar-refractivity contribution in [2.24, 2.45) is 5.41 Å². The summed E-state index contributed by atoms with van der Waals surface area (Å²) in [6.45, 7) is 8.82. The molecule has 2 amide bonds. The number of piperazine rings is 1. The molecule has 2 fully saturated rings. The maximum Gasteiger partial charge on any atom is 0.239 e. The molecule has 0 aromatic heterocycles. The van der Waals surface area contributed by atoms with Crippen molar-refractivity contribution in [1.82, 2.24) is 20.4 Å². The molecule has 20 heavy (non-hydrogen) atoms. The van der Waals surface area contributed by atoms with Crippen LogP contribution in [0.15, 0.2) is 0 Å². The second kappa shape index (κ2) is 6.10. The Morgan fingerprint density at radius 3 is 2.50 bits per heavy atom. The van der Waals surface area contributed by atoms with E-state index in [4.69, 9.17) is 0 Å². The zero-order valence-corrected chi connectivity index (χ0v) is 12.7. The van der Waals surface area contributed by atoms with Crippen LogP contribution in [0.5, 0.6) is 0 Å². The van der Waals surface area contributed by atoms with Crippen LogP contribution in [0.2, 0.25) is 0 Å². The molecule has 2 heterocycles. The number of carbonyl (C=O) groups excluding carboxylic acids is 2. The Morgan fingerprint density at radius 1 is 1.25 bits per heavy atom. The van der Waals surface area contributed by atoms with E-state index in [9.17, 15) is 9.59 Å². The van der Waals surface area contributed by atoms with Gasteiger partial charge in [-0.05, 0) is 20.3 Å². The Bertz CT molecular complexity index is 381. The van der Waals surface area contributed by atoms with E-state index >= 15 is 0 Å². The average Bonchev–Trinajstić information content (AvgIpc) is 2.89. The summed E-state index contributed by atoms with van der Waals surface area (Å²) in [7, 11) is 1.65. The van der Waals surface area contributed by atoms with Gasteiger partial charge in [0.2, 0.25) is 11.8 Å². The Labute approximate surface area is 120 Å². The third kappa shape index (κ3) is 2.96. The average molecular weight is 282 g/mol. The lowest BCUT2D eigenvalue weighted by Crippen LogP contribution is -2.53. The summed E-state index contributed by atoms with van der Waals surface area (Å²) >= 11 is 0. The molecular weight excluding hydrogens is 256 g/mol. The predicted molar refractivity (Wildman–Crippen MR) is 77.3 cm³/mol. The highest BCUT2D eigenvalue weighted by Crippen LogP contribution is 2.30. The molecule has 2 saturated heterocycles. The van der Waals surface area contributed by atoms with Gasteiger partial charge < -0.3 is 15.5 Å². The van der Waals surface area contributed by atoms with Crippen LogP contribution in [-0.4, -0.2) is 74.0 Å². The first kappa shape index (κ1) is 15.3. The monoisotopic (exact) mass is 282 g/mol. The van der Waals surface area contributed by atoms with E-state index < -0.39 is 5.41 Å². The third-order valence-electron chi connectivity index (χ3n) is 4.62. The number of carbonyl (C=O) groups is 2. The molecule has 0 spiro atoms. The highest BCUT2D eigenvalue weighted by molar-refractivity contribution is 5.86. The van der Waals surface area contributed by atoms with Crippen LogP contribution < -0.4 is 10.6 Å². The first-order valence-electron chi connectivity index (χ1n) is 7.44. The minimum atomic E-state index is -0.437. The van der Waals surface area contributed by atoms with Crippen molar-refractivity contribution in [2.45, 2.75) is 26.3 Å². The van der Waals surface area contributed by atoms with E-state index in [2.05, 4.69) is 15.5 Å². The second-order valence-electron chi connectivity index (χ2n) is 6.11. The van der Waals surface area contributed by atoms with Crippen LogP contribution in [0.1, 0.15) is 20.3 Å². The molecule has 0 aromatic rings. The summed E-state index contributed by atoms with van der Waals surface area (Å²) in [6, 6.07) is -0.0934. The van der Waals surface area contributed by atoms with Crippen molar-refractivity contribution >= 4 is 11.8 Å². The van der Waals surface area contributed by atoms with Gasteiger partial charge in [0, 0.05) is 46.3 Å². The van der Waals surface area contributed by atoms with Gasteiger partial charge in [-0.25, -0.2) is 0 Å². The molecule has 0 radical (unpaired) electrons. The van der Waals surface area contributed by atoms with Crippen LogP contribution in [0, 0.1) is 5.41 Å². The number of hydrogen-bond acceptors (Lipinski definition) is 4. The molecule has 2 unspecified atom stereocenters. The zero-order valence-electron chi connectivity index (χ0n) is 12.7. The third-order valence-corrected chi connectivity index (χ3v) is 4.62. The highest BCUT2D eigenvalue weighted by atomic mass is 16.2. The fourth-order valence-electron chi connectivity index (χ4n) is 3.13. The van der Waals surface area contributed by atoms with Gasteiger partial charge in [-0.1, -0.05) is 0 Å². The maximum absolute atomic E-state index is 12.6. The lowest BCUT2D eigenvalue weighted by Gasteiger charge is -2.34. The topological polar surface area (TPSA) is 64.7 Å².